The summed E-state index contributed by atoms with van der Waals surface area (Å²) in [6.07, 6.45) is 0. The molecule has 1 atom stereocenters. The van der Waals surface area contributed by atoms with E-state index < -0.39 is 16.1 Å². The van der Waals surface area contributed by atoms with E-state index >= 15 is 0 Å². The van der Waals surface area contributed by atoms with Crippen LogP contribution in [0.25, 0.3) is 0 Å². The summed E-state index contributed by atoms with van der Waals surface area (Å²) in [4.78, 5) is 12.3. The number of thiol groups is 1. The fourth-order valence-electron chi connectivity index (χ4n) is 3.57. The lowest BCUT2D eigenvalue weighted by Crippen LogP contribution is -2.52. The van der Waals surface area contributed by atoms with Crippen molar-refractivity contribution in [3.8, 4) is 0 Å². The lowest BCUT2D eigenvalue weighted by atomic mass is 9.61. The van der Waals surface area contributed by atoms with Gasteiger partial charge in [0.2, 0.25) is 0 Å². The van der Waals surface area contributed by atoms with Crippen LogP contribution >= 0.6 is 12.6 Å². The molecule has 0 spiro atoms. The van der Waals surface area contributed by atoms with Crippen LogP contribution in [0.4, 0.5) is 0 Å². The van der Waals surface area contributed by atoms with Crippen LogP contribution in [0.1, 0.15) is 23.6 Å². The van der Waals surface area contributed by atoms with E-state index in [0.29, 0.717) is 0 Å². The standard InChI is InChI=1S/C22H20O2S/c1-21(25,20(23)24)22(17-11-5-2-6-12-17,18-13-7-3-8-14-18)19-15-9-4-10-16-19/h2-16,25H,1H3,(H,23,24). The molecule has 0 aliphatic carbocycles. The van der Waals surface area contributed by atoms with Crippen molar-refractivity contribution in [2.75, 3.05) is 0 Å². The second-order valence-corrected chi connectivity index (χ2v) is 7.12. The minimum Gasteiger partial charge on any atom is -0.480 e. The highest BCUT2D eigenvalue weighted by molar-refractivity contribution is 7.82. The largest absolute Gasteiger partial charge is 0.480 e. The molecule has 0 saturated heterocycles. The summed E-state index contributed by atoms with van der Waals surface area (Å²) >= 11 is 4.70. The van der Waals surface area contributed by atoms with Gasteiger partial charge in [-0.2, -0.15) is 12.6 Å². The maximum Gasteiger partial charge on any atom is 0.320 e. The molecule has 0 amide bonds. The average Bonchev–Trinajstić information content (AvgIpc) is 2.65. The Hall–Kier alpha value is -2.52. The van der Waals surface area contributed by atoms with Gasteiger partial charge in [0.25, 0.3) is 0 Å². The van der Waals surface area contributed by atoms with Crippen LogP contribution in [0, 0.1) is 0 Å². The molecule has 0 heterocycles. The zero-order valence-corrected chi connectivity index (χ0v) is 14.9. The molecule has 0 aromatic heterocycles. The van der Waals surface area contributed by atoms with Gasteiger partial charge >= 0.3 is 5.97 Å². The van der Waals surface area contributed by atoms with Crippen molar-refractivity contribution in [2.45, 2.75) is 17.1 Å². The van der Waals surface area contributed by atoms with Crippen molar-refractivity contribution < 1.29 is 9.90 Å². The van der Waals surface area contributed by atoms with Gasteiger partial charge in [0.15, 0.2) is 0 Å². The zero-order valence-electron chi connectivity index (χ0n) is 14.0. The van der Waals surface area contributed by atoms with E-state index in [1.807, 2.05) is 91.0 Å². The molecule has 0 radical (unpaired) electrons. The topological polar surface area (TPSA) is 37.3 Å². The zero-order chi connectivity index (χ0) is 17.9. The van der Waals surface area contributed by atoms with Crippen molar-refractivity contribution in [1.82, 2.24) is 0 Å². The monoisotopic (exact) mass is 348 g/mol. The molecule has 1 unspecified atom stereocenters. The fraction of sp³-hybridized carbons (Fsp3) is 0.136. The quantitative estimate of drug-likeness (QED) is 0.514. The number of carboxylic acids is 1. The highest BCUT2D eigenvalue weighted by Gasteiger charge is 2.54. The third-order valence-electron chi connectivity index (χ3n) is 4.77. The SMILES string of the molecule is CC(S)(C(=O)O)C(c1ccccc1)(c1ccccc1)c1ccccc1. The molecule has 3 rings (SSSR count). The first-order valence-electron chi connectivity index (χ1n) is 8.13. The van der Waals surface area contributed by atoms with E-state index in [1.54, 1.807) is 6.92 Å². The molecule has 0 aliphatic heterocycles. The van der Waals surface area contributed by atoms with E-state index in [4.69, 9.17) is 12.6 Å². The lowest BCUT2D eigenvalue weighted by molar-refractivity contribution is -0.140. The van der Waals surface area contributed by atoms with Crippen LogP contribution in [0.2, 0.25) is 0 Å². The highest BCUT2D eigenvalue weighted by atomic mass is 32.1. The summed E-state index contributed by atoms with van der Waals surface area (Å²) in [6, 6.07) is 29.2. The lowest BCUT2D eigenvalue weighted by Gasteiger charge is -2.45. The van der Waals surface area contributed by atoms with Crippen LogP contribution in [0.3, 0.4) is 0 Å². The maximum atomic E-state index is 12.3. The maximum absolute atomic E-state index is 12.3. The molecule has 0 fully saturated rings. The summed E-state index contributed by atoms with van der Waals surface area (Å²) in [5, 5.41) is 10.1. The molecule has 3 heteroatoms. The molecule has 3 aromatic rings. The predicted molar refractivity (Wildman–Crippen MR) is 104 cm³/mol. The van der Waals surface area contributed by atoms with Crippen LogP contribution in [-0.2, 0) is 10.2 Å². The first-order chi connectivity index (χ1) is 12.0. The summed E-state index contributed by atoms with van der Waals surface area (Å²) < 4.78 is -1.36. The smallest absolute Gasteiger partial charge is 0.320 e. The van der Waals surface area contributed by atoms with Gasteiger partial charge in [-0.15, -0.1) is 0 Å². The summed E-state index contributed by atoms with van der Waals surface area (Å²) in [5.41, 5.74) is 1.75. The van der Waals surface area contributed by atoms with Gasteiger partial charge in [0.1, 0.15) is 4.75 Å². The van der Waals surface area contributed by atoms with Gasteiger partial charge in [-0.1, -0.05) is 91.0 Å². The molecule has 0 saturated carbocycles. The molecular formula is C22H20O2S. The number of carbonyl (C=O) groups is 1. The summed E-state index contributed by atoms with van der Waals surface area (Å²) in [5.74, 6) is -0.965. The number of carboxylic acid groups (broad SMARTS) is 1. The number of hydrogen-bond donors (Lipinski definition) is 2. The van der Waals surface area contributed by atoms with E-state index in [1.165, 1.54) is 0 Å². The number of aliphatic carboxylic acids is 1. The first-order valence-corrected chi connectivity index (χ1v) is 8.58. The molecule has 0 aliphatic rings. The van der Waals surface area contributed by atoms with Gasteiger partial charge in [-0.3, -0.25) is 4.79 Å². The van der Waals surface area contributed by atoms with E-state index in [2.05, 4.69) is 0 Å². The molecule has 25 heavy (non-hydrogen) atoms. The number of benzene rings is 3. The van der Waals surface area contributed by atoms with E-state index in [-0.39, 0.29) is 0 Å². The van der Waals surface area contributed by atoms with Gasteiger partial charge in [0, 0.05) is 0 Å². The van der Waals surface area contributed by atoms with E-state index in [0.717, 1.165) is 16.7 Å². The molecule has 2 nitrogen and oxygen atoms in total. The number of rotatable bonds is 5. The summed E-state index contributed by atoms with van der Waals surface area (Å²) in [6.45, 7) is 1.67. The minimum absolute atomic E-state index is 0.896. The Morgan fingerprint density at radius 3 is 1.24 bits per heavy atom. The van der Waals surface area contributed by atoms with Gasteiger partial charge in [-0.05, 0) is 23.6 Å². The second-order valence-electron chi connectivity index (χ2n) is 6.23. The van der Waals surface area contributed by atoms with Crippen molar-refractivity contribution >= 4 is 18.6 Å². The van der Waals surface area contributed by atoms with Crippen LogP contribution < -0.4 is 0 Å². The summed E-state index contributed by atoms with van der Waals surface area (Å²) in [7, 11) is 0. The average molecular weight is 348 g/mol. The second kappa shape index (κ2) is 6.77. The fourth-order valence-corrected chi connectivity index (χ4v) is 3.96. The van der Waals surface area contributed by atoms with Crippen molar-refractivity contribution in [3.63, 3.8) is 0 Å². The van der Waals surface area contributed by atoms with Crippen molar-refractivity contribution in [2.24, 2.45) is 0 Å². The molecule has 3 aromatic carbocycles. The third kappa shape index (κ3) is 2.75. The molecule has 0 bridgehead atoms. The van der Waals surface area contributed by atoms with Gasteiger partial charge in [0.05, 0.1) is 5.41 Å². The Labute approximate surface area is 153 Å². The van der Waals surface area contributed by atoms with E-state index in [9.17, 15) is 9.90 Å². The Morgan fingerprint density at radius 2 is 1.00 bits per heavy atom. The Bertz CT molecular complexity index is 746. The minimum atomic E-state index is -1.36. The van der Waals surface area contributed by atoms with Crippen LogP contribution in [0.15, 0.2) is 91.0 Å². The van der Waals surface area contributed by atoms with Crippen molar-refractivity contribution in [3.05, 3.63) is 108 Å². The van der Waals surface area contributed by atoms with Crippen LogP contribution in [-0.4, -0.2) is 15.8 Å². The predicted octanol–water partition coefficient (Wildman–Crippen LogP) is 4.79. The molecule has 126 valence electrons. The van der Waals surface area contributed by atoms with Crippen LogP contribution in [0.5, 0.6) is 0 Å². The van der Waals surface area contributed by atoms with Crippen molar-refractivity contribution in [1.29, 1.82) is 0 Å². The Kier molecular flexibility index (Phi) is 4.69. The third-order valence-corrected chi connectivity index (χ3v) is 5.29. The highest BCUT2D eigenvalue weighted by Crippen LogP contribution is 2.50. The molecular weight excluding hydrogens is 328 g/mol. The first kappa shape index (κ1) is 17.3. The van der Waals surface area contributed by atoms with Gasteiger partial charge < -0.3 is 5.11 Å². The normalized spacial score (nSPS) is 13.8. The van der Waals surface area contributed by atoms with Gasteiger partial charge in [-0.25, -0.2) is 0 Å². The number of hydrogen-bond acceptors (Lipinski definition) is 2. The molecule has 1 N–H and O–H groups in total. The Morgan fingerprint density at radius 1 is 0.720 bits per heavy atom. The Balaban J connectivity index is 2.47.